The van der Waals surface area contributed by atoms with Crippen molar-refractivity contribution in [1.82, 2.24) is 19.5 Å². The van der Waals surface area contributed by atoms with Crippen molar-refractivity contribution in [3.05, 3.63) is 65.5 Å². The Labute approximate surface area is 248 Å². The average Bonchev–Trinajstić information content (AvgIpc) is 3.59. The summed E-state index contributed by atoms with van der Waals surface area (Å²) in [5, 5.41) is 13.1. The molecule has 1 aromatic carbocycles. The zero-order valence-electron chi connectivity index (χ0n) is 21.2. The van der Waals surface area contributed by atoms with Gasteiger partial charge in [0.2, 0.25) is 0 Å². The Morgan fingerprint density at radius 1 is 1.06 bits per heavy atom. The number of nitrogen functional groups attached to an aromatic ring is 2. The van der Waals surface area contributed by atoms with Crippen LogP contribution >= 0.6 is 0 Å². The van der Waals surface area contributed by atoms with E-state index in [1.54, 1.807) is 19.1 Å². The predicted octanol–water partition coefficient (Wildman–Crippen LogP) is 2.17. The van der Waals surface area contributed by atoms with E-state index in [4.69, 9.17) is 11.5 Å². The summed E-state index contributed by atoms with van der Waals surface area (Å²) in [5.74, 6) is 0.493. The molecule has 0 spiro atoms. The monoisotopic (exact) mass is 503 g/mol. The summed E-state index contributed by atoms with van der Waals surface area (Å²) in [6.07, 6.45) is 11.0. The van der Waals surface area contributed by atoms with Crippen molar-refractivity contribution in [3.8, 4) is 11.1 Å². The summed E-state index contributed by atoms with van der Waals surface area (Å²) in [6.45, 7) is 5.79. The molecule has 0 aliphatic heterocycles. The van der Waals surface area contributed by atoms with Gasteiger partial charge in [-0.15, -0.1) is 0 Å². The minimum Gasteiger partial charge on any atom is -0.757 e. The van der Waals surface area contributed by atoms with E-state index in [2.05, 4.69) is 26.6 Å². The Balaban J connectivity index is 0.000000300. The van der Waals surface area contributed by atoms with Crippen LogP contribution in [-0.4, -0.2) is 26.6 Å². The zero-order chi connectivity index (χ0) is 25.0. The van der Waals surface area contributed by atoms with Crippen molar-refractivity contribution in [3.63, 3.8) is 0 Å². The van der Waals surface area contributed by atoms with Gasteiger partial charge in [-0.1, -0.05) is 13.8 Å². The minimum atomic E-state index is -0.557. The second-order valence-electron chi connectivity index (χ2n) is 8.02. The molecule has 0 bridgehead atoms. The van der Waals surface area contributed by atoms with E-state index in [9.17, 15) is 9.60 Å². The minimum absolute atomic E-state index is 0. The Hall–Kier alpha value is -2.08. The SMILES string of the molecule is CC.Cc1c(N)cncc1-c1cc2cc(N(C)[O-])ncc2c(N)c1F.Cn1cncc1C1CC1.[K+]. The van der Waals surface area contributed by atoms with Crippen LogP contribution in [0.15, 0.2) is 43.2 Å². The molecule has 4 N–H and O–H groups in total. The fourth-order valence-corrected chi connectivity index (χ4v) is 3.61. The van der Waals surface area contributed by atoms with E-state index >= 15 is 0 Å². The fraction of sp³-hybridized carbons (Fsp3) is 0.320. The largest absolute Gasteiger partial charge is 1.00 e. The molecule has 10 heteroatoms. The number of hydroxylamine groups is 1. The number of benzene rings is 1. The molecule has 8 nitrogen and oxygen atoms in total. The zero-order valence-corrected chi connectivity index (χ0v) is 24.3. The maximum absolute atomic E-state index is 14.7. The summed E-state index contributed by atoms with van der Waals surface area (Å²) in [6, 6.07) is 3.19. The Bertz CT molecular complexity index is 1290. The molecule has 180 valence electrons. The summed E-state index contributed by atoms with van der Waals surface area (Å²) < 4.78 is 16.8. The molecular weight excluding hydrogens is 472 g/mol. The number of aromatic nitrogens is 4. The molecule has 1 aliphatic carbocycles. The van der Waals surface area contributed by atoms with E-state index in [1.165, 1.54) is 44.2 Å². The number of imidazole rings is 1. The third kappa shape index (κ3) is 6.57. The van der Waals surface area contributed by atoms with E-state index in [-0.39, 0.29) is 68.5 Å². The number of aryl methyl sites for hydroxylation is 1. The predicted molar refractivity (Wildman–Crippen MR) is 137 cm³/mol. The van der Waals surface area contributed by atoms with Crippen LogP contribution in [0.3, 0.4) is 0 Å². The van der Waals surface area contributed by atoms with E-state index in [0.717, 1.165) is 5.92 Å². The van der Waals surface area contributed by atoms with Crippen LogP contribution in [0, 0.1) is 17.9 Å². The van der Waals surface area contributed by atoms with E-state index in [0.29, 0.717) is 32.6 Å². The van der Waals surface area contributed by atoms with Gasteiger partial charge in [-0.25, -0.2) is 14.4 Å². The molecule has 0 unspecified atom stereocenters. The number of hydrogen-bond donors (Lipinski definition) is 2. The Morgan fingerprint density at radius 2 is 1.74 bits per heavy atom. The molecule has 3 heterocycles. The second kappa shape index (κ2) is 12.7. The van der Waals surface area contributed by atoms with Gasteiger partial charge in [-0.2, -0.15) is 0 Å². The van der Waals surface area contributed by atoms with Crippen LogP contribution in [0.5, 0.6) is 0 Å². The van der Waals surface area contributed by atoms with Crippen molar-refractivity contribution >= 4 is 28.0 Å². The van der Waals surface area contributed by atoms with Gasteiger partial charge >= 0.3 is 51.4 Å². The van der Waals surface area contributed by atoms with Crippen molar-refractivity contribution in [2.24, 2.45) is 7.05 Å². The van der Waals surface area contributed by atoms with Crippen LogP contribution in [0.25, 0.3) is 21.9 Å². The van der Waals surface area contributed by atoms with Gasteiger partial charge in [0, 0.05) is 53.8 Å². The average molecular weight is 504 g/mol. The van der Waals surface area contributed by atoms with Gasteiger partial charge in [0.15, 0.2) is 5.82 Å². The molecule has 0 radical (unpaired) electrons. The topological polar surface area (TPSA) is 122 Å². The smallest absolute Gasteiger partial charge is 0.757 e. The Morgan fingerprint density at radius 3 is 2.31 bits per heavy atom. The van der Waals surface area contributed by atoms with Crippen molar-refractivity contribution in [2.75, 3.05) is 23.6 Å². The van der Waals surface area contributed by atoms with Crippen LogP contribution in [0.2, 0.25) is 0 Å². The van der Waals surface area contributed by atoms with Gasteiger partial charge in [-0.05, 0) is 49.9 Å². The summed E-state index contributed by atoms with van der Waals surface area (Å²) in [7, 11) is 3.40. The van der Waals surface area contributed by atoms with Gasteiger partial charge in [0.25, 0.3) is 0 Å². The maximum Gasteiger partial charge on any atom is 1.00 e. The summed E-state index contributed by atoms with van der Waals surface area (Å²) in [5.41, 5.74) is 15.2. The molecule has 0 amide bonds. The van der Waals surface area contributed by atoms with Gasteiger partial charge < -0.3 is 26.3 Å². The number of rotatable bonds is 3. The van der Waals surface area contributed by atoms with Gasteiger partial charge in [0.1, 0.15) is 5.82 Å². The van der Waals surface area contributed by atoms with Crippen LogP contribution in [-0.2, 0) is 7.05 Å². The first kappa shape index (κ1) is 29.1. The number of nitrogens with zero attached hydrogens (tertiary/aromatic N) is 5. The quantitative estimate of drug-likeness (QED) is 0.250. The first-order valence-electron chi connectivity index (χ1n) is 11.2. The second-order valence-corrected chi connectivity index (χ2v) is 8.02. The number of fused-ring (bicyclic) bond motifs is 1. The van der Waals surface area contributed by atoms with Crippen molar-refractivity contribution in [2.45, 2.75) is 39.5 Å². The van der Waals surface area contributed by atoms with Crippen molar-refractivity contribution < 1.29 is 55.8 Å². The molecule has 1 aliphatic rings. The number of pyridine rings is 2. The first-order chi connectivity index (χ1) is 16.3. The summed E-state index contributed by atoms with van der Waals surface area (Å²) >= 11 is 0. The molecule has 4 aromatic rings. The van der Waals surface area contributed by atoms with Gasteiger partial charge in [-0.3, -0.25) is 4.98 Å². The van der Waals surface area contributed by atoms with Crippen molar-refractivity contribution in [1.29, 1.82) is 0 Å². The number of halogens is 1. The first-order valence-corrected chi connectivity index (χ1v) is 11.2. The molecule has 5 rings (SSSR count). The molecule has 3 aromatic heterocycles. The van der Waals surface area contributed by atoms with E-state index in [1.807, 2.05) is 26.4 Å². The normalized spacial score (nSPS) is 12.1. The molecule has 1 fully saturated rings. The van der Waals surface area contributed by atoms with E-state index < -0.39 is 5.82 Å². The van der Waals surface area contributed by atoms with Crippen LogP contribution < -0.4 is 67.9 Å². The molecular formula is C25H31FKN7O. The van der Waals surface area contributed by atoms with Crippen LogP contribution in [0.4, 0.5) is 21.6 Å². The third-order valence-electron chi connectivity index (χ3n) is 5.70. The molecule has 0 atom stereocenters. The number of nitrogens with two attached hydrogens (primary N) is 2. The Kier molecular flexibility index (Phi) is 10.6. The van der Waals surface area contributed by atoms with Crippen LogP contribution in [0.1, 0.15) is 43.9 Å². The number of anilines is 3. The number of hydrogen-bond acceptors (Lipinski definition) is 7. The third-order valence-corrected chi connectivity index (χ3v) is 5.70. The maximum atomic E-state index is 14.7. The van der Waals surface area contributed by atoms with Gasteiger partial charge in [0.05, 0.1) is 23.9 Å². The standard InChI is InChI=1S/C16H15FN5O.C7H10N2.C2H6.K/c1-8-11(5-20-7-13(8)18)10-3-9-4-14(22(2)23)21-6-12(9)16(19)15(10)17;1-9-5-8-4-7(9)6-2-3-6;1-2;/h3-7H,18-19H2,1-2H3;4-6H,2-3H2,1H3;1-2H3;/q-1;;;+1. The molecule has 1 saturated carbocycles. The summed E-state index contributed by atoms with van der Waals surface area (Å²) in [4.78, 5) is 12.0. The molecule has 0 saturated heterocycles. The fourth-order valence-electron chi connectivity index (χ4n) is 3.61. The molecule has 35 heavy (non-hydrogen) atoms.